The van der Waals surface area contributed by atoms with Crippen molar-refractivity contribution >= 4 is 29.6 Å². The number of benzene rings is 2. The number of hydrogen-bond donors (Lipinski definition) is 4. The molecule has 13 nitrogen and oxygen atoms in total. The van der Waals surface area contributed by atoms with Gasteiger partial charge in [0, 0.05) is 24.6 Å². The van der Waals surface area contributed by atoms with Crippen LogP contribution in [0.25, 0.3) is 0 Å². The van der Waals surface area contributed by atoms with Crippen LogP contribution in [-0.4, -0.2) is 64.4 Å². The van der Waals surface area contributed by atoms with Gasteiger partial charge in [-0.2, -0.15) is 0 Å². The SMILES string of the molecule is CCOC(=O)C[C@@H](c1ccc([N+](=O)[O-])cc1)[C@@H](NC(=O)C[C@@H](O)CNC(=O)OCc1ccccc1)C(=O)O. The summed E-state index contributed by atoms with van der Waals surface area (Å²) in [5.41, 5.74) is 0.768. The van der Waals surface area contributed by atoms with Gasteiger partial charge in [-0.05, 0) is 18.1 Å². The van der Waals surface area contributed by atoms with E-state index in [2.05, 4.69) is 10.6 Å². The van der Waals surface area contributed by atoms with Crippen LogP contribution in [0.1, 0.15) is 36.8 Å². The second kappa shape index (κ2) is 14.9. The fourth-order valence-electron chi connectivity index (χ4n) is 3.50. The number of nitrogens with one attached hydrogen (secondary N) is 2. The van der Waals surface area contributed by atoms with Crippen molar-refractivity contribution in [1.82, 2.24) is 10.6 Å². The van der Waals surface area contributed by atoms with Crippen LogP contribution in [0.3, 0.4) is 0 Å². The van der Waals surface area contributed by atoms with Crippen LogP contribution < -0.4 is 10.6 Å². The van der Waals surface area contributed by atoms with E-state index in [4.69, 9.17) is 9.47 Å². The van der Waals surface area contributed by atoms with Gasteiger partial charge in [0.1, 0.15) is 12.6 Å². The van der Waals surface area contributed by atoms with E-state index in [-0.39, 0.29) is 31.0 Å². The monoisotopic (exact) mass is 531 g/mol. The lowest BCUT2D eigenvalue weighted by molar-refractivity contribution is -0.384. The molecule has 0 aliphatic rings. The second-order valence-electron chi connectivity index (χ2n) is 8.15. The van der Waals surface area contributed by atoms with Crippen LogP contribution in [0.15, 0.2) is 54.6 Å². The van der Waals surface area contributed by atoms with Gasteiger partial charge in [0.05, 0.1) is 30.5 Å². The summed E-state index contributed by atoms with van der Waals surface area (Å²) in [6, 6.07) is 12.2. The summed E-state index contributed by atoms with van der Waals surface area (Å²) in [5.74, 6) is -4.18. The number of amides is 2. The van der Waals surface area contributed by atoms with Crippen LogP contribution in [0, 0.1) is 10.1 Å². The molecule has 4 N–H and O–H groups in total. The van der Waals surface area contributed by atoms with Crippen molar-refractivity contribution in [2.24, 2.45) is 0 Å². The molecule has 38 heavy (non-hydrogen) atoms. The zero-order chi connectivity index (χ0) is 28.1. The van der Waals surface area contributed by atoms with E-state index < -0.39 is 59.8 Å². The van der Waals surface area contributed by atoms with Gasteiger partial charge in [0.2, 0.25) is 5.91 Å². The fourth-order valence-corrected chi connectivity index (χ4v) is 3.50. The number of aliphatic carboxylic acids is 1. The molecule has 204 valence electrons. The van der Waals surface area contributed by atoms with Crippen molar-refractivity contribution in [3.05, 3.63) is 75.8 Å². The van der Waals surface area contributed by atoms with E-state index in [0.29, 0.717) is 0 Å². The lowest BCUT2D eigenvalue weighted by Gasteiger charge is -2.25. The smallest absolute Gasteiger partial charge is 0.407 e. The van der Waals surface area contributed by atoms with Crippen molar-refractivity contribution in [2.45, 2.75) is 44.4 Å². The lowest BCUT2D eigenvalue weighted by atomic mass is 9.88. The van der Waals surface area contributed by atoms with E-state index >= 15 is 0 Å². The lowest BCUT2D eigenvalue weighted by Crippen LogP contribution is -2.47. The van der Waals surface area contributed by atoms with Gasteiger partial charge in [-0.15, -0.1) is 0 Å². The molecule has 0 aliphatic carbocycles. The summed E-state index contributed by atoms with van der Waals surface area (Å²) in [5, 5.41) is 35.5. The number of aliphatic hydroxyl groups is 1. The predicted molar refractivity (Wildman–Crippen MR) is 132 cm³/mol. The minimum absolute atomic E-state index is 0.00798. The Morgan fingerprint density at radius 3 is 2.24 bits per heavy atom. The van der Waals surface area contributed by atoms with Crippen molar-refractivity contribution in [3.63, 3.8) is 0 Å². The van der Waals surface area contributed by atoms with E-state index in [1.54, 1.807) is 31.2 Å². The molecule has 2 rings (SSSR count). The average Bonchev–Trinajstić information content (AvgIpc) is 2.89. The quantitative estimate of drug-likeness (QED) is 0.159. The van der Waals surface area contributed by atoms with Crippen LogP contribution in [0.5, 0.6) is 0 Å². The first-order valence-electron chi connectivity index (χ1n) is 11.7. The molecule has 0 fully saturated rings. The number of nitro benzene ring substituents is 1. The number of carboxylic acids is 1. The molecule has 2 aromatic rings. The number of non-ortho nitro benzene ring substituents is 1. The minimum Gasteiger partial charge on any atom is -0.480 e. The summed E-state index contributed by atoms with van der Waals surface area (Å²) in [7, 11) is 0. The fraction of sp³-hybridized carbons (Fsp3) is 0.360. The average molecular weight is 532 g/mol. The molecule has 0 aliphatic heterocycles. The van der Waals surface area contributed by atoms with Gasteiger partial charge in [-0.1, -0.05) is 42.5 Å². The molecule has 0 radical (unpaired) electrons. The number of nitrogens with zero attached hydrogens (tertiary/aromatic N) is 1. The zero-order valence-corrected chi connectivity index (χ0v) is 20.6. The molecule has 2 amide bonds. The van der Waals surface area contributed by atoms with Crippen LogP contribution in [0.4, 0.5) is 10.5 Å². The molecule has 0 heterocycles. The molecule has 0 unspecified atom stereocenters. The number of hydrogen-bond acceptors (Lipinski definition) is 9. The van der Waals surface area contributed by atoms with Gasteiger partial charge < -0.3 is 30.3 Å². The molecular formula is C25H29N3O10. The molecular weight excluding hydrogens is 502 g/mol. The molecule has 3 atom stereocenters. The maximum atomic E-state index is 12.5. The third-order valence-corrected chi connectivity index (χ3v) is 5.32. The normalized spacial score (nSPS) is 12.9. The Morgan fingerprint density at radius 1 is 1.00 bits per heavy atom. The summed E-state index contributed by atoms with van der Waals surface area (Å²) < 4.78 is 9.93. The highest BCUT2D eigenvalue weighted by Crippen LogP contribution is 2.27. The second-order valence-corrected chi connectivity index (χ2v) is 8.15. The number of esters is 1. The van der Waals surface area contributed by atoms with Crippen LogP contribution in [0.2, 0.25) is 0 Å². The van der Waals surface area contributed by atoms with E-state index in [1.807, 2.05) is 6.07 Å². The van der Waals surface area contributed by atoms with Crippen LogP contribution in [-0.2, 0) is 30.5 Å². The standard InChI is InChI=1S/C25H29N3O10/c1-2-37-22(31)13-20(17-8-10-18(11-9-17)28(35)36)23(24(32)33)27-21(30)12-19(29)14-26-25(34)38-15-16-6-4-3-5-7-16/h3-11,19-20,23,29H,2,12-15H2,1H3,(H,26,34)(H,27,30)(H,32,33)/t19-,20+,23-/m1/s1. The number of carboxylic acid groups (broad SMARTS) is 1. The third-order valence-electron chi connectivity index (χ3n) is 5.32. The van der Waals surface area contributed by atoms with E-state index in [0.717, 1.165) is 17.7 Å². The predicted octanol–water partition coefficient (Wildman–Crippen LogP) is 1.88. The Hall–Kier alpha value is -4.52. The maximum Gasteiger partial charge on any atom is 0.407 e. The summed E-state index contributed by atoms with van der Waals surface area (Å²) in [4.78, 5) is 58.9. The Bertz CT molecular complexity index is 1110. The van der Waals surface area contributed by atoms with Crippen molar-refractivity contribution in [2.75, 3.05) is 13.2 Å². The Kier molecular flexibility index (Phi) is 11.6. The van der Waals surface area contributed by atoms with Gasteiger partial charge in [-0.3, -0.25) is 19.7 Å². The zero-order valence-electron chi connectivity index (χ0n) is 20.6. The largest absolute Gasteiger partial charge is 0.480 e. The van der Waals surface area contributed by atoms with E-state index in [9.17, 15) is 39.5 Å². The first-order valence-corrected chi connectivity index (χ1v) is 11.7. The number of rotatable bonds is 14. The van der Waals surface area contributed by atoms with Gasteiger partial charge in [-0.25, -0.2) is 9.59 Å². The van der Waals surface area contributed by atoms with Crippen molar-refractivity contribution in [3.8, 4) is 0 Å². The first-order chi connectivity index (χ1) is 18.1. The van der Waals surface area contributed by atoms with Crippen molar-refractivity contribution in [1.29, 1.82) is 0 Å². The number of nitro groups is 1. The highest BCUT2D eigenvalue weighted by Gasteiger charge is 2.34. The summed E-state index contributed by atoms with van der Waals surface area (Å²) in [6.07, 6.45) is -3.17. The number of carbonyl (C=O) groups is 4. The molecule has 0 saturated heterocycles. The Balaban J connectivity index is 2.00. The number of carbonyl (C=O) groups excluding carboxylic acids is 3. The summed E-state index contributed by atoms with van der Waals surface area (Å²) in [6.45, 7) is 1.28. The van der Waals surface area contributed by atoms with Crippen LogP contribution >= 0.6 is 0 Å². The molecule has 0 aromatic heterocycles. The Morgan fingerprint density at radius 2 is 1.66 bits per heavy atom. The van der Waals surface area contributed by atoms with Gasteiger partial charge >= 0.3 is 18.0 Å². The topological polar surface area (TPSA) is 194 Å². The molecule has 13 heteroatoms. The highest BCUT2D eigenvalue weighted by molar-refractivity contribution is 5.85. The molecule has 0 spiro atoms. The number of alkyl carbamates (subject to hydrolysis) is 1. The van der Waals surface area contributed by atoms with Gasteiger partial charge in [0.15, 0.2) is 0 Å². The molecule has 2 aromatic carbocycles. The molecule has 0 bridgehead atoms. The summed E-state index contributed by atoms with van der Waals surface area (Å²) >= 11 is 0. The Labute approximate surface area is 217 Å². The third kappa shape index (κ3) is 9.85. The number of ether oxygens (including phenoxy) is 2. The first kappa shape index (κ1) is 29.7. The number of aliphatic hydroxyl groups excluding tert-OH is 1. The maximum absolute atomic E-state index is 12.5. The van der Waals surface area contributed by atoms with Crippen molar-refractivity contribution < 1.29 is 43.8 Å². The van der Waals surface area contributed by atoms with E-state index in [1.165, 1.54) is 12.1 Å². The molecule has 0 saturated carbocycles. The highest BCUT2D eigenvalue weighted by atomic mass is 16.6. The van der Waals surface area contributed by atoms with Gasteiger partial charge in [0.25, 0.3) is 5.69 Å². The minimum atomic E-state index is -1.62.